The van der Waals surface area contributed by atoms with Crippen LogP contribution in [-0.2, 0) is 13.0 Å². The van der Waals surface area contributed by atoms with Gasteiger partial charge in [0, 0.05) is 42.7 Å². The van der Waals surface area contributed by atoms with Crippen molar-refractivity contribution in [3.8, 4) is 0 Å². The maximum Gasteiger partial charge on any atom is 0.274 e. The second kappa shape index (κ2) is 7.79. The normalized spacial score (nSPS) is 22.9. The number of nitrogens with one attached hydrogen (secondary N) is 2. The number of hydrogen-bond acceptors (Lipinski definition) is 5. The fourth-order valence-electron chi connectivity index (χ4n) is 4.75. The third-order valence-electron chi connectivity index (χ3n) is 5.77. The summed E-state index contributed by atoms with van der Waals surface area (Å²) in [6.07, 6.45) is 3.52. The molecule has 0 radical (unpaired) electrons. The molecule has 1 saturated heterocycles. The molecular weight excluding hydrogens is 372 g/mol. The number of fused-ring (bicyclic) bond motifs is 1. The van der Waals surface area contributed by atoms with Crippen molar-refractivity contribution >= 4 is 28.2 Å². The minimum atomic E-state index is -0.221. The molecule has 2 aliphatic rings. The summed E-state index contributed by atoms with van der Waals surface area (Å²) in [7, 11) is 0. The van der Waals surface area contributed by atoms with Crippen LogP contribution in [-0.4, -0.2) is 39.6 Å². The highest BCUT2D eigenvalue weighted by Gasteiger charge is 2.27. The maximum absolute atomic E-state index is 12.7. The number of ketones is 1. The number of aromatic amines is 1. The van der Waals surface area contributed by atoms with E-state index in [2.05, 4.69) is 34.0 Å². The van der Waals surface area contributed by atoms with Crippen molar-refractivity contribution in [2.45, 2.75) is 53.0 Å². The molecule has 1 fully saturated rings. The molecule has 0 bridgehead atoms. The Morgan fingerprint density at radius 2 is 2.07 bits per heavy atom. The zero-order valence-corrected chi connectivity index (χ0v) is 17.6. The van der Waals surface area contributed by atoms with Crippen molar-refractivity contribution in [1.82, 2.24) is 14.9 Å². The molecule has 6 nitrogen and oxygen atoms in total. The number of thiazole rings is 1. The summed E-state index contributed by atoms with van der Waals surface area (Å²) in [6.45, 7) is 9.48. The first-order chi connectivity index (χ1) is 13.4. The number of aromatic nitrogens is 2. The van der Waals surface area contributed by atoms with Crippen molar-refractivity contribution < 1.29 is 9.59 Å². The standard InChI is InChI=1S/C21H28N4O2S/c1-12-7-13(2)9-25(8-12)10-15-11-28-21(22-15)24-20(27)19-14(3)18-16(23-19)5-4-6-17(18)26/h11-13,23H,4-10H2,1-3H3,(H,22,24,27)/t12-,13+. The molecule has 0 spiro atoms. The molecule has 2 atom stereocenters. The molecule has 2 N–H and O–H groups in total. The molecule has 2 aromatic heterocycles. The summed E-state index contributed by atoms with van der Waals surface area (Å²) in [4.78, 5) is 35.2. The van der Waals surface area contributed by atoms with Crippen molar-refractivity contribution in [3.63, 3.8) is 0 Å². The molecule has 7 heteroatoms. The van der Waals surface area contributed by atoms with Crippen LogP contribution < -0.4 is 5.32 Å². The summed E-state index contributed by atoms with van der Waals surface area (Å²) in [5.74, 6) is 1.34. The van der Waals surface area contributed by atoms with Gasteiger partial charge in [-0.1, -0.05) is 13.8 Å². The first-order valence-electron chi connectivity index (χ1n) is 10.1. The van der Waals surface area contributed by atoms with Gasteiger partial charge in [0.2, 0.25) is 0 Å². The minimum absolute atomic E-state index is 0.135. The second-order valence-electron chi connectivity index (χ2n) is 8.49. The molecule has 1 amide bonds. The van der Waals surface area contributed by atoms with Gasteiger partial charge in [0.15, 0.2) is 10.9 Å². The number of H-pyrrole nitrogens is 1. The number of carbonyl (C=O) groups is 2. The zero-order valence-electron chi connectivity index (χ0n) is 16.8. The van der Waals surface area contributed by atoms with Gasteiger partial charge in [-0.15, -0.1) is 11.3 Å². The third kappa shape index (κ3) is 3.91. The fourth-order valence-corrected chi connectivity index (χ4v) is 5.44. The average molecular weight is 401 g/mol. The highest BCUT2D eigenvalue weighted by atomic mass is 32.1. The minimum Gasteiger partial charge on any atom is -0.354 e. The van der Waals surface area contributed by atoms with Gasteiger partial charge < -0.3 is 4.98 Å². The van der Waals surface area contributed by atoms with Gasteiger partial charge in [-0.2, -0.15) is 0 Å². The van der Waals surface area contributed by atoms with E-state index in [1.165, 1.54) is 17.8 Å². The number of amides is 1. The Bertz CT molecular complexity index is 890. The van der Waals surface area contributed by atoms with Crippen molar-refractivity contribution in [1.29, 1.82) is 0 Å². The zero-order chi connectivity index (χ0) is 19.8. The first kappa shape index (κ1) is 19.3. The van der Waals surface area contributed by atoms with Crippen molar-refractivity contribution in [2.75, 3.05) is 18.4 Å². The van der Waals surface area contributed by atoms with Crippen LogP contribution in [0.5, 0.6) is 0 Å². The van der Waals surface area contributed by atoms with Gasteiger partial charge in [0.1, 0.15) is 5.69 Å². The van der Waals surface area contributed by atoms with Gasteiger partial charge in [0.25, 0.3) is 5.91 Å². The number of rotatable bonds is 4. The Morgan fingerprint density at radius 3 is 2.79 bits per heavy atom. The Morgan fingerprint density at radius 1 is 1.32 bits per heavy atom. The van der Waals surface area contributed by atoms with Crippen LogP contribution in [0.25, 0.3) is 0 Å². The van der Waals surface area contributed by atoms with E-state index in [0.717, 1.165) is 49.4 Å². The Labute approximate surface area is 169 Å². The molecule has 150 valence electrons. The molecule has 0 saturated carbocycles. The maximum atomic E-state index is 12.7. The predicted octanol–water partition coefficient (Wildman–Crippen LogP) is 4.03. The molecule has 28 heavy (non-hydrogen) atoms. The first-order valence-corrected chi connectivity index (χ1v) is 11.0. The Balaban J connectivity index is 1.43. The number of carbonyl (C=O) groups excluding carboxylic acids is 2. The summed E-state index contributed by atoms with van der Waals surface area (Å²) >= 11 is 1.45. The second-order valence-corrected chi connectivity index (χ2v) is 9.35. The van der Waals surface area contributed by atoms with E-state index in [1.54, 1.807) is 0 Å². The fraction of sp³-hybridized carbons (Fsp3) is 0.571. The highest BCUT2D eigenvalue weighted by Crippen LogP contribution is 2.28. The van der Waals surface area contributed by atoms with E-state index >= 15 is 0 Å². The largest absolute Gasteiger partial charge is 0.354 e. The van der Waals surface area contributed by atoms with Gasteiger partial charge in [-0.3, -0.25) is 19.8 Å². The number of hydrogen-bond donors (Lipinski definition) is 2. The number of nitrogens with zero attached hydrogens (tertiary/aromatic N) is 2. The van der Waals surface area contributed by atoms with Gasteiger partial charge in [-0.25, -0.2) is 4.98 Å². The lowest BCUT2D eigenvalue weighted by molar-refractivity contribution is 0.0971. The molecule has 4 rings (SSSR count). The van der Waals surface area contributed by atoms with E-state index < -0.39 is 0 Å². The van der Waals surface area contributed by atoms with Gasteiger partial charge in [0.05, 0.1) is 5.69 Å². The summed E-state index contributed by atoms with van der Waals surface area (Å²) in [5, 5.41) is 5.54. The van der Waals surface area contributed by atoms with Crippen LogP contribution in [0.4, 0.5) is 5.13 Å². The van der Waals surface area contributed by atoms with Crippen LogP contribution in [0.1, 0.15) is 70.9 Å². The summed E-state index contributed by atoms with van der Waals surface area (Å²) < 4.78 is 0. The lowest BCUT2D eigenvalue weighted by Gasteiger charge is -2.34. The Hall–Kier alpha value is -1.99. The van der Waals surface area contributed by atoms with E-state index in [4.69, 9.17) is 0 Å². The Kier molecular flexibility index (Phi) is 5.38. The number of anilines is 1. The van der Waals surface area contributed by atoms with Crippen molar-refractivity contribution in [3.05, 3.63) is 33.6 Å². The van der Waals surface area contributed by atoms with E-state index in [0.29, 0.717) is 34.6 Å². The van der Waals surface area contributed by atoms with E-state index in [1.807, 2.05) is 12.3 Å². The molecule has 3 heterocycles. The molecule has 1 aliphatic carbocycles. The van der Waals surface area contributed by atoms with E-state index in [9.17, 15) is 9.59 Å². The predicted molar refractivity (Wildman–Crippen MR) is 111 cm³/mol. The smallest absolute Gasteiger partial charge is 0.274 e. The highest BCUT2D eigenvalue weighted by molar-refractivity contribution is 7.14. The SMILES string of the molecule is Cc1c(C(=O)Nc2nc(CN3C[C@H](C)C[C@H](C)C3)cs2)[nH]c2c1C(=O)CCC2. The molecule has 0 aromatic carbocycles. The van der Waals surface area contributed by atoms with Crippen LogP contribution >= 0.6 is 11.3 Å². The third-order valence-corrected chi connectivity index (χ3v) is 6.57. The number of piperidine rings is 1. The topological polar surface area (TPSA) is 78.1 Å². The van der Waals surface area contributed by atoms with Gasteiger partial charge >= 0.3 is 0 Å². The number of aryl methyl sites for hydroxylation is 1. The van der Waals surface area contributed by atoms with Crippen molar-refractivity contribution in [2.24, 2.45) is 11.8 Å². The monoisotopic (exact) mass is 400 g/mol. The molecular formula is C21H28N4O2S. The van der Waals surface area contributed by atoms with Crippen LogP contribution in [0, 0.1) is 18.8 Å². The molecule has 2 aromatic rings. The number of Topliss-reactive ketones (excluding diaryl/α,β-unsaturated/α-hetero) is 1. The number of likely N-dealkylation sites (tertiary alicyclic amines) is 1. The molecule has 0 unspecified atom stereocenters. The molecule has 1 aliphatic heterocycles. The lowest BCUT2D eigenvalue weighted by Crippen LogP contribution is -2.38. The van der Waals surface area contributed by atoms with Gasteiger partial charge in [-0.05, 0) is 43.6 Å². The van der Waals surface area contributed by atoms with Crippen LogP contribution in [0.15, 0.2) is 5.38 Å². The summed E-state index contributed by atoms with van der Waals surface area (Å²) in [6, 6.07) is 0. The summed E-state index contributed by atoms with van der Waals surface area (Å²) in [5.41, 5.74) is 3.84. The van der Waals surface area contributed by atoms with Crippen LogP contribution in [0.3, 0.4) is 0 Å². The van der Waals surface area contributed by atoms with E-state index in [-0.39, 0.29) is 11.7 Å². The van der Waals surface area contributed by atoms with Crippen LogP contribution in [0.2, 0.25) is 0 Å². The average Bonchev–Trinajstić information content (AvgIpc) is 3.19. The lowest BCUT2D eigenvalue weighted by atomic mass is 9.92. The quantitative estimate of drug-likeness (QED) is 0.812.